The van der Waals surface area contributed by atoms with E-state index in [2.05, 4.69) is 38.0 Å². The van der Waals surface area contributed by atoms with Crippen LogP contribution in [0.3, 0.4) is 0 Å². The maximum atomic E-state index is 12.7. The Bertz CT molecular complexity index is 477. The highest BCUT2D eigenvalue weighted by Crippen LogP contribution is 2.24. The minimum Gasteiger partial charge on any atom is -0.373 e. The molecule has 1 rings (SSSR count). The minimum atomic E-state index is -0.0810. The number of nitrogens with zero attached hydrogens (tertiary/aromatic N) is 2. The largest absolute Gasteiger partial charge is 0.373 e. The molecule has 0 fully saturated rings. The van der Waals surface area contributed by atoms with Gasteiger partial charge in [-0.3, -0.25) is 4.79 Å². The van der Waals surface area contributed by atoms with Crippen molar-refractivity contribution in [3.05, 3.63) is 23.4 Å². The van der Waals surface area contributed by atoms with E-state index in [1.54, 1.807) is 0 Å². The summed E-state index contributed by atoms with van der Waals surface area (Å²) in [5, 5.41) is 3.05. The Morgan fingerprint density at radius 2 is 1.95 bits per heavy atom. The molecule has 0 aromatic carbocycles. The number of carbonyl (C=O) groups excluding carboxylic acids is 1. The van der Waals surface area contributed by atoms with Crippen molar-refractivity contribution in [2.45, 2.75) is 52.9 Å². The van der Waals surface area contributed by atoms with Gasteiger partial charge in [-0.1, -0.05) is 34.1 Å². The minimum absolute atomic E-state index is 0.0810. The molecule has 0 atom stereocenters. The lowest BCUT2D eigenvalue weighted by molar-refractivity contribution is 0.0762. The van der Waals surface area contributed by atoms with Crippen molar-refractivity contribution in [2.75, 3.05) is 25.5 Å². The van der Waals surface area contributed by atoms with Crippen molar-refractivity contribution in [2.24, 2.45) is 0 Å². The molecule has 1 aromatic heterocycles. The van der Waals surface area contributed by atoms with Gasteiger partial charge in [0.2, 0.25) is 0 Å². The molecule has 0 aliphatic heterocycles. The molecule has 0 spiro atoms. The molecule has 1 N–H and O–H groups in total. The van der Waals surface area contributed by atoms with Gasteiger partial charge in [0, 0.05) is 36.8 Å². The van der Waals surface area contributed by atoms with Gasteiger partial charge in [-0.05, 0) is 25.5 Å². The fourth-order valence-electron chi connectivity index (χ4n) is 2.10. The molecule has 0 saturated carbocycles. The van der Waals surface area contributed by atoms with E-state index < -0.39 is 0 Å². The first kappa shape index (κ1) is 17.5. The summed E-state index contributed by atoms with van der Waals surface area (Å²) in [5.74, 6) is 0.840. The summed E-state index contributed by atoms with van der Waals surface area (Å²) >= 11 is 0. The summed E-state index contributed by atoms with van der Waals surface area (Å²) in [7, 11) is 1.83. The summed E-state index contributed by atoms with van der Waals surface area (Å²) in [6.07, 6.45) is 2.13. The smallest absolute Gasteiger partial charge is 0.254 e. The molecule has 4 heteroatoms. The molecule has 118 valence electrons. The van der Waals surface area contributed by atoms with Gasteiger partial charge >= 0.3 is 0 Å². The van der Waals surface area contributed by atoms with Crippen molar-refractivity contribution < 1.29 is 4.79 Å². The number of unbranched alkanes of at least 4 members (excludes halogenated alkanes) is 1. The Kier molecular flexibility index (Phi) is 6.19. The first-order chi connectivity index (χ1) is 9.83. The Balaban J connectivity index is 3.13. The molecule has 0 radical (unpaired) electrons. The Labute approximate surface area is 129 Å². The molecule has 4 nitrogen and oxygen atoms in total. The number of aromatic nitrogens is 1. The van der Waals surface area contributed by atoms with Gasteiger partial charge in [0.25, 0.3) is 5.91 Å². The molecular formula is C17H29N3O. The highest BCUT2D eigenvalue weighted by atomic mass is 16.2. The maximum absolute atomic E-state index is 12.7. The highest BCUT2D eigenvalue weighted by molar-refractivity contribution is 5.95. The molecular weight excluding hydrogens is 262 g/mol. The zero-order valence-electron chi connectivity index (χ0n) is 14.3. The van der Waals surface area contributed by atoms with Crippen LogP contribution in [0.2, 0.25) is 0 Å². The van der Waals surface area contributed by atoms with E-state index in [1.807, 2.05) is 31.0 Å². The Morgan fingerprint density at radius 1 is 1.29 bits per heavy atom. The van der Waals surface area contributed by atoms with Crippen LogP contribution in [-0.2, 0) is 5.41 Å². The third-order valence-corrected chi connectivity index (χ3v) is 3.55. The van der Waals surface area contributed by atoms with Gasteiger partial charge in [0.1, 0.15) is 5.82 Å². The number of nitrogens with one attached hydrogen (secondary N) is 1. The van der Waals surface area contributed by atoms with E-state index >= 15 is 0 Å². The predicted octanol–water partition coefficient (Wildman–Crippen LogP) is 3.68. The zero-order valence-corrected chi connectivity index (χ0v) is 14.3. The van der Waals surface area contributed by atoms with Gasteiger partial charge in [-0.2, -0.15) is 0 Å². The summed E-state index contributed by atoms with van der Waals surface area (Å²) in [6, 6.07) is 3.77. The number of rotatable bonds is 6. The number of carbonyl (C=O) groups is 1. The van der Waals surface area contributed by atoms with Crippen molar-refractivity contribution in [1.29, 1.82) is 0 Å². The quantitative estimate of drug-likeness (QED) is 0.869. The third kappa shape index (κ3) is 4.73. The molecule has 0 bridgehead atoms. The molecule has 0 saturated heterocycles. The van der Waals surface area contributed by atoms with Gasteiger partial charge in [-0.15, -0.1) is 0 Å². The van der Waals surface area contributed by atoms with Crippen LogP contribution < -0.4 is 5.32 Å². The topological polar surface area (TPSA) is 45.2 Å². The van der Waals surface area contributed by atoms with E-state index in [-0.39, 0.29) is 11.3 Å². The highest BCUT2D eigenvalue weighted by Gasteiger charge is 2.21. The monoisotopic (exact) mass is 291 g/mol. The van der Waals surface area contributed by atoms with Gasteiger partial charge in [0.15, 0.2) is 0 Å². The second kappa shape index (κ2) is 7.43. The summed E-state index contributed by atoms with van der Waals surface area (Å²) < 4.78 is 0. The molecule has 0 aliphatic carbocycles. The first-order valence-electron chi connectivity index (χ1n) is 7.83. The number of hydrogen-bond acceptors (Lipinski definition) is 3. The average Bonchev–Trinajstić information content (AvgIpc) is 2.46. The second-order valence-corrected chi connectivity index (χ2v) is 6.36. The van der Waals surface area contributed by atoms with Crippen molar-refractivity contribution in [3.63, 3.8) is 0 Å². The lowest BCUT2D eigenvalue weighted by Gasteiger charge is -2.23. The Morgan fingerprint density at radius 3 is 2.43 bits per heavy atom. The summed E-state index contributed by atoms with van der Waals surface area (Å²) in [4.78, 5) is 19.2. The second-order valence-electron chi connectivity index (χ2n) is 6.36. The van der Waals surface area contributed by atoms with E-state index in [0.717, 1.165) is 43.0 Å². The van der Waals surface area contributed by atoms with Crippen molar-refractivity contribution in [3.8, 4) is 0 Å². The van der Waals surface area contributed by atoms with Crippen LogP contribution in [0.15, 0.2) is 12.1 Å². The predicted molar refractivity (Wildman–Crippen MR) is 89.0 cm³/mol. The van der Waals surface area contributed by atoms with Crippen LogP contribution in [-0.4, -0.2) is 35.9 Å². The van der Waals surface area contributed by atoms with Crippen LogP contribution in [0.25, 0.3) is 0 Å². The van der Waals surface area contributed by atoms with Crippen LogP contribution in [0.5, 0.6) is 0 Å². The Hall–Kier alpha value is -1.58. The van der Waals surface area contributed by atoms with Gasteiger partial charge in [-0.25, -0.2) is 4.98 Å². The van der Waals surface area contributed by atoms with E-state index in [4.69, 9.17) is 0 Å². The number of pyridine rings is 1. The molecule has 1 aromatic rings. The molecule has 0 unspecified atom stereocenters. The summed E-state index contributed by atoms with van der Waals surface area (Å²) in [6.45, 7) is 12.0. The molecule has 1 amide bonds. The van der Waals surface area contributed by atoms with Crippen LogP contribution in [0, 0.1) is 0 Å². The van der Waals surface area contributed by atoms with Gasteiger partial charge < -0.3 is 10.2 Å². The summed E-state index contributed by atoms with van der Waals surface area (Å²) in [5.41, 5.74) is 1.57. The third-order valence-electron chi connectivity index (χ3n) is 3.55. The fraction of sp³-hybridized carbons (Fsp3) is 0.647. The average molecular weight is 291 g/mol. The van der Waals surface area contributed by atoms with Crippen molar-refractivity contribution in [1.82, 2.24) is 9.88 Å². The van der Waals surface area contributed by atoms with Gasteiger partial charge in [0.05, 0.1) is 0 Å². The van der Waals surface area contributed by atoms with E-state index in [1.165, 1.54) is 0 Å². The number of anilines is 1. The molecule has 0 aliphatic rings. The standard InChI is InChI=1S/C17H29N3O/c1-7-9-10-20(8-2)16(21)13-11-14(17(3,4)5)19-15(12-13)18-6/h11-12H,7-10H2,1-6H3,(H,18,19). The SMILES string of the molecule is CCCCN(CC)C(=O)c1cc(NC)nc(C(C)(C)C)c1. The number of hydrogen-bond donors (Lipinski definition) is 1. The number of amides is 1. The fourth-order valence-corrected chi connectivity index (χ4v) is 2.10. The maximum Gasteiger partial charge on any atom is 0.254 e. The lowest BCUT2D eigenvalue weighted by Crippen LogP contribution is -2.32. The van der Waals surface area contributed by atoms with Crippen LogP contribution in [0.1, 0.15) is 63.5 Å². The van der Waals surface area contributed by atoms with Crippen molar-refractivity contribution >= 4 is 11.7 Å². The van der Waals surface area contributed by atoms with Crippen LogP contribution in [0.4, 0.5) is 5.82 Å². The zero-order chi connectivity index (χ0) is 16.0. The van der Waals surface area contributed by atoms with E-state index in [0.29, 0.717) is 0 Å². The van der Waals surface area contributed by atoms with Crippen LogP contribution >= 0.6 is 0 Å². The molecule has 1 heterocycles. The van der Waals surface area contributed by atoms with E-state index in [9.17, 15) is 4.79 Å². The first-order valence-corrected chi connectivity index (χ1v) is 7.83. The lowest BCUT2D eigenvalue weighted by atomic mass is 9.90. The normalized spacial score (nSPS) is 11.3. The molecule has 21 heavy (non-hydrogen) atoms.